The molecule has 1 aliphatic rings. The second kappa shape index (κ2) is 8.81. The summed E-state index contributed by atoms with van der Waals surface area (Å²) in [6.07, 6.45) is -4.75. The maximum absolute atomic E-state index is 13.6. The van der Waals surface area contributed by atoms with Gasteiger partial charge in [0.1, 0.15) is 0 Å². The number of nitrogens with zero attached hydrogens (tertiary/aromatic N) is 2. The van der Waals surface area contributed by atoms with E-state index in [4.69, 9.17) is 23.2 Å². The molecule has 3 rings (SSSR count). The van der Waals surface area contributed by atoms with E-state index in [0.717, 1.165) is 19.2 Å². The van der Waals surface area contributed by atoms with Gasteiger partial charge in [0, 0.05) is 41.9 Å². The van der Waals surface area contributed by atoms with Gasteiger partial charge in [-0.3, -0.25) is 4.79 Å². The smallest absolute Gasteiger partial charge is 0.369 e. The molecule has 4 nitrogen and oxygen atoms in total. The Morgan fingerprint density at radius 1 is 1.07 bits per heavy atom. The third kappa shape index (κ3) is 5.56. The minimum atomic E-state index is -4.59. The Bertz CT molecular complexity index is 897. The highest BCUT2D eigenvalue weighted by Gasteiger charge is 2.35. The van der Waals surface area contributed by atoms with E-state index in [9.17, 15) is 18.0 Å². The van der Waals surface area contributed by atoms with Crippen molar-refractivity contribution in [1.82, 2.24) is 4.90 Å². The molecule has 0 unspecified atom stereocenters. The van der Waals surface area contributed by atoms with E-state index in [2.05, 4.69) is 10.2 Å². The van der Waals surface area contributed by atoms with Crippen LogP contribution in [-0.4, -0.2) is 44.0 Å². The molecule has 1 saturated heterocycles. The first kappa shape index (κ1) is 21.7. The molecule has 1 heterocycles. The summed E-state index contributed by atoms with van der Waals surface area (Å²) in [7, 11) is 1.98. The van der Waals surface area contributed by atoms with E-state index in [1.807, 2.05) is 11.9 Å². The molecule has 1 fully saturated rings. The molecule has 0 atom stereocenters. The van der Waals surface area contributed by atoms with Crippen molar-refractivity contribution in [2.45, 2.75) is 12.6 Å². The zero-order valence-electron chi connectivity index (χ0n) is 15.7. The van der Waals surface area contributed by atoms with E-state index >= 15 is 0 Å². The average molecular weight is 446 g/mol. The van der Waals surface area contributed by atoms with Gasteiger partial charge >= 0.3 is 6.18 Å². The van der Waals surface area contributed by atoms with Crippen molar-refractivity contribution < 1.29 is 18.0 Å². The van der Waals surface area contributed by atoms with Gasteiger partial charge in [-0.15, -0.1) is 0 Å². The summed E-state index contributed by atoms with van der Waals surface area (Å²) in [6.45, 7) is 2.85. The van der Waals surface area contributed by atoms with Gasteiger partial charge in [0.05, 0.1) is 17.7 Å². The molecule has 0 aromatic heterocycles. The third-order valence-electron chi connectivity index (χ3n) is 4.82. The van der Waals surface area contributed by atoms with Crippen LogP contribution in [0.25, 0.3) is 0 Å². The maximum Gasteiger partial charge on any atom is 0.418 e. The van der Waals surface area contributed by atoms with E-state index in [1.165, 1.54) is 12.1 Å². The molecule has 0 radical (unpaired) electrons. The quantitative estimate of drug-likeness (QED) is 0.723. The van der Waals surface area contributed by atoms with Crippen LogP contribution in [0.4, 0.5) is 24.5 Å². The zero-order valence-corrected chi connectivity index (χ0v) is 17.2. The summed E-state index contributed by atoms with van der Waals surface area (Å²) in [5, 5.41) is 3.07. The van der Waals surface area contributed by atoms with Crippen molar-refractivity contribution in [2.24, 2.45) is 0 Å². The fourth-order valence-corrected chi connectivity index (χ4v) is 3.64. The predicted octanol–water partition coefficient (Wildman–Crippen LogP) is 4.95. The molecular weight excluding hydrogens is 426 g/mol. The topological polar surface area (TPSA) is 35.6 Å². The number of hydrogen-bond donors (Lipinski definition) is 1. The third-order valence-corrected chi connectivity index (χ3v) is 5.40. The van der Waals surface area contributed by atoms with Crippen molar-refractivity contribution in [1.29, 1.82) is 0 Å². The highest BCUT2D eigenvalue weighted by molar-refractivity contribution is 6.35. The van der Waals surface area contributed by atoms with Crippen molar-refractivity contribution in [3.05, 3.63) is 57.6 Å². The lowest BCUT2D eigenvalue weighted by Gasteiger charge is -2.34. The lowest BCUT2D eigenvalue weighted by Crippen LogP contribution is -2.44. The molecule has 9 heteroatoms. The number of halogens is 5. The molecule has 1 N–H and O–H groups in total. The lowest BCUT2D eigenvalue weighted by molar-refractivity contribution is -0.136. The van der Waals surface area contributed by atoms with E-state index in [1.54, 1.807) is 18.2 Å². The number of amides is 1. The second-order valence-electron chi connectivity index (χ2n) is 6.98. The number of benzene rings is 2. The number of likely N-dealkylation sites (N-methyl/N-ethyl adjacent to an activating group) is 1. The molecule has 2 aromatic rings. The lowest BCUT2D eigenvalue weighted by atomic mass is 10.1. The number of rotatable bonds is 4. The second-order valence-corrected chi connectivity index (χ2v) is 7.82. The molecule has 0 saturated carbocycles. The minimum absolute atomic E-state index is 0.159. The highest BCUT2D eigenvalue weighted by atomic mass is 35.5. The van der Waals surface area contributed by atoms with E-state index < -0.39 is 17.6 Å². The Morgan fingerprint density at radius 3 is 2.38 bits per heavy atom. The van der Waals surface area contributed by atoms with Gasteiger partial charge in [-0.05, 0) is 42.9 Å². The predicted molar refractivity (Wildman–Crippen MR) is 110 cm³/mol. The zero-order chi connectivity index (χ0) is 21.2. The Labute approximate surface area is 177 Å². The van der Waals surface area contributed by atoms with Crippen molar-refractivity contribution in [3.8, 4) is 0 Å². The van der Waals surface area contributed by atoms with Gasteiger partial charge in [-0.1, -0.05) is 29.3 Å². The number of anilines is 2. The number of alkyl halides is 3. The van der Waals surface area contributed by atoms with Crippen molar-refractivity contribution >= 4 is 40.5 Å². The Hall–Kier alpha value is -1.96. The summed E-state index contributed by atoms with van der Waals surface area (Å²) in [5.74, 6) is -0.591. The fourth-order valence-electron chi connectivity index (χ4n) is 3.17. The molecule has 0 spiro atoms. The normalized spacial score (nSPS) is 15.4. The summed E-state index contributed by atoms with van der Waals surface area (Å²) >= 11 is 11.9. The monoisotopic (exact) mass is 445 g/mol. The first-order chi connectivity index (χ1) is 13.6. The molecule has 0 aliphatic carbocycles. The van der Waals surface area contributed by atoms with E-state index in [-0.39, 0.29) is 17.1 Å². The molecule has 0 bridgehead atoms. The highest BCUT2D eigenvalue weighted by Crippen LogP contribution is 2.37. The van der Waals surface area contributed by atoms with Crippen LogP contribution in [0, 0.1) is 0 Å². The molecule has 29 heavy (non-hydrogen) atoms. The van der Waals surface area contributed by atoms with Gasteiger partial charge < -0.3 is 15.1 Å². The number of hydrogen-bond acceptors (Lipinski definition) is 3. The van der Waals surface area contributed by atoms with Crippen LogP contribution in [0.2, 0.25) is 10.0 Å². The van der Waals surface area contributed by atoms with E-state index in [0.29, 0.717) is 29.4 Å². The largest absolute Gasteiger partial charge is 0.418 e. The average Bonchev–Trinajstić information content (AvgIpc) is 2.64. The molecule has 156 valence electrons. The van der Waals surface area contributed by atoms with Gasteiger partial charge in [-0.2, -0.15) is 13.2 Å². The number of carbonyl (C=O) groups excluding carboxylic acids is 1. The molecular formula is C20H20Cl2F3N3O. The van der Waals surface area contributed by atoms with Gasteiger partial charge in [0.2, 0.25) is 5.91 Å². The van der Waals surface area contributed by atoms with Crippen LogP contribution in [0.3, 0.4) is 0 Å². The molecule has 1 aliphatic heterocycles. The summed E-state index contributed by atoms with van der Waals surface area (Å²) in [6, 6.07) is 8.63. The van der Waals surface area contributed by atoms with Gasteiger partial charge in [0.15, 0.2) is 0 Å². The van der Waals surface area contributed by atoms with Crippen LogP contribution in [0.15, 0.2) is 36.4 Å². The Kier molecular flexibility index (Phi) is 6.61. The minimum Gasteiger partial charge on any atom is -0.369 e. The SMILES string of the molecule is CN1CCN(c2ccc(NC(=O)Cc3ccc(Cl)cc3Cl)c(C(F)(F)F)c2)CC1. The van der Waals surface area contributed by atoms with Crippen LogP contribution in [-0.2, 0) is 17.4 Å². The van der Waals surface area contributed by atoms with Crippen LogP contribution in [0.5, 0.6) is 0 Å². The number of nitrogens with one attached hydrogen (secondary N) is 1. The number of piperazine rings is 1. The summed E-state index contributed by atoms with van der Waals surface area (Å²) < 4.78 is 40.9. The maximum atomic E-state index is 13.6. The van der Waals surface area contributed by atoms with Gasteiger partial charge in [-0.25, -0.2) is 0 Å². The first-order valence-corrected chi connectivity index (χ1v) is 9.77. The summed E-state index contributed by atoms with van der Waals surface area (Å²) in [4.78, 5) is 16.4. The summed E-state index contributed by atoms with van der Waals surface area (Å²) in [5.41, 5.74) is -0.171. The molecule has 2 aromatic carbocycles. The van der Waals surface area contributed by atoms with Crippen LogP contribution in [0.1, 0.15) is 11.1 Å². The van der Waals surface area contributed by atoms with Crippen LogP contribution < -0.4 is 10.2 Å². The van der Waals surface area contributed by atoms with Crippen molar-refractivity contribution in [3.63, 3.8) is 0 Å². The van der Waals surface area contributed by atoms with Crippen molar-refractivity contribution in [2.75, 3.05) is 43.4 Å². The Morgan fingerprint density at radius 2 is 1.76 bits per heavy atom. The Balaban J connectivity index is 1.79. The first-order valence-electron chi connectivity index (χ1n) is 9.02. The number of carbonyl (C=O) groups is 1. The van der Waals surface area contributed by atoms with Gasteiger partial charge in [0.25, 0.3) is 0 Å². The van der Waals surface area contributed by atoms with Crippen LogP contribution >= 0.6 is 23.2 Å². The standard InChI is InChI=1S/C20H20Cl2F3N3O/c1-27-6-8-28(9-7-27)15-4-5-18(16(12-15)20(23,24)25)26-19(29)10-13-2-3-14(21)11-17(13)22/h2-5,11-12H,6-10H2,1H3,(H,26,29). The fraction of sp³-hybridized carbons (Fsp3) is 0.350. The molecule has 1 amide bonds.